The zero-order valence-electron chi connectivity index (χ0n) is 21.4. The van der Waals surface area contributed by atoms with Gasteiger partial charge in [0.2, 0.25) is 5.91 Å². The minimum atomic E-state index is -4.00. The molecule has 0 atom stereocenters. The highest BCUT2D eigenvalue weighted by Crippen LogP contribution is 2.28. The predicted octanol–water partition coefficient (Wildman–Crippen LogP) is 5.45. The summed E-state index contributed by atoms with van der Waals surface area (Å²) in [6.07, 6.45) is 3.71. The Morgan fingerprint density at radius 3 is 2.30 bits per heavy atom. The number of hydrogen-bond donors (Lipinski definition) is 1. The largest absolute Gasteiger partial charge is 0.350 e. The molecular weight excluding hydrogens is 506 g/mol. The molecule has 0 aromatic heterocycles. The van der Waals surface area contributed by atoms with E-state index in [-0.39, 0.29) is 17.3 Å². The van der Waals surface area contributed by atoms with E-state index in [1.807, 2.05) is 32.0 Å². The summed E-state index contributed by atoms with van der Waals surface area (Å²) in [5, 5.41) is 3.38. The molecule has 1 aliphatic heterocycles. The summed E-state index contributed by atoms with van der Waals surface area (Å²) in [6.45, 7) is 6.74. The standard InChI is InChI=1S/C29H34ClN3O3S/c1-22-10-14-27(15-11-22)37(35,36)33(26-13-12-23(2)28(30)18-26)21-29(34)31-19-24-8-4-5-9-25(24)20-32-16-6-3-7-17-32/h4-5,8-15,18H,3,6-7,16-17,19-21H2,1-2H3,(H,31,34). The second kappa shape index (κ2) is 12.1. The summed E-state index contributed by atoms with van der Waals surface area (Å²) in [6, 6.07) is 19.7. The molecule has 1 amide bonds. The normalized spacial score (nSPS) is 14.4. The number of rotatable bonds is 9. The van der Waals surface area contributed by atoms with Gasteiger partial charge in [-0.1, -0.05) is 66.0 Å². The summed E-state index contributed by atoms with van der Waals surface area (Å²) in [5.74, 6) is -0.389. The molecule has 8 heteroatoms. The summed E-state index contributed by atoms with van der Waals surface area (Å²) in [7, 11) is -4.00. The number of nitrogens with one attached hydrogen (secondary N) is 1. The van der Waals surface area contributed by atoms with Crippen molar-refractivity contribution in [2.45, 2.75) is 51.1 Å². The van der Waals surface area contributed by atoms with Crippen LogP contribution in [0, 0.1) is 13.8 Å². The number of carbonyl (C=O) groups is 1. The van der Waals surface area contributed by atoms with Crippen LogP contribution in [0.25, 0.3) is 0 Å². The van der Waals surface area contributed by atoms with E-state index in [2.05, 4.69) is 16.3 Å². The first kappa shape index (κ1) is 27.2. The van der Waals surface area contributed by atoms with Gasteiger partial charge in [0.1, 0.15) is 6.54 Å². The highest BCUT2D eigenvalue weighted by Gasteiger charge is 2.27. The van der Waals surface area contributed by atoms with Crippen LogP contribution in [-0.2, 0) is 27.9 Å². The second-order valence-corrected chi connectivity index (χ2v) is 11.9. The van der Waals surface area contributed by atoms with E-state index in [1.165, 1.54) is 24.8 Å². The molecule has 0 aliphatic carbocycles. The van der Waals surface area contributed by atoms with Gasteiger partial charge in [-0.3, -0.25) is 14.0 Å². The van der Waals surface area contributed by atoms with Crippen molar-refractivity contribution in [3.63, 3.8) is 0 Å². The van der Waals surface area contributed by atoms with Gasteiger partial charge in [-0.2, -0.15) is 0 Å². The molecule has 4 rings (SSSR count). The highest BCUT2D eigenvalue weighted by molar-refractivity contribution is 7.92. The minimum absolute atomic E-state index is 0.120. The number of carbonyl (C=O) groups excluding carboxylic acids is 1. The van der Waals surface area contributed by atoms with Gasteiger partial charge >= 0.3 is 0 Å². The lowest BCUT2D eigenvalue weighted by molar-refractivity contribution is -0.119. The average molecular weight is 540 g/mol. The van der Waals surface area contributed by atoms with Gasteiger partial charge in [-0.05, 0) is 80.7 Å². The molecular formula is C29H34ClN3O3S. The quantitative estimate of drug-likeness (QED) is 0.392. The maximum atomic E-state index is 13.6. The molecule has 1 aliphatic rings. The van der Waals surface area contributed by atoms with Crippen molar-refractivity contribution in [1.29, 1.82) is 0 Å². The van der Waals surface area contributed by atoms with Crippen LogP contribution in [0.5, 0.6) is 0 Å². The molecule has 0 saturated carbocycles. The Labute approximate surface area is 225 Å². The van der Waals surface area contributed by atoms with E-state index >= 15 is 0 Å². The van der Waals surface area contributed by atoms with Crippen LogP contribution in [0.15, 0.2) is 71.6 Å². The van der Waals surface area contributed by atoms with E-state index in [1.54, 1.807) is 42.5 Å². The number of aryl methyl sites for hydroxylation is 2. The van der Waals surface area contributed by atoms with Gasteiger partial charge in [0.25, 0.3) is 10.0 Å². The number of halogens is 1. The number of benzene rings is 3. The molecule has 1 fully saturated rings. The minimum Gasteiger partial charge on any atom is -0.350 e. The Morgan fingerprint density at radius 2 is 1.62 bits per heavy atom. The van der Waals surface area contributed by atoms with Crippen LogP contribution < -0.4 is 9.62 Å². The Kier molecular flexibility index (Phi) is 8.90. The molecule has 0 unspecified atom stereocenters. The second-order valence-electron chi connectivity index (χ2n) is 9.64. The predicted molar refractivity (Wildman–Crippen MR) is 149 cm³/mol. The molecule has 0 bridgehead atoms. The van der Waals surface area contributed by atoms with E-state index in [0.717, 1.165) is 40.6 Å². The SMILES string of the molecule is Cc1ccc(S(=O)(=O)N(CC(=O)NCc2ccccc2CN2CCCCC2)c2ccc(C)c(Cl)c2)cc1. The maximum absolute atomic E-state index is 13.6. The Hall–Kier alpha value is -2.87. The third-order valence-corrected chi connectivity index (χ3v) is 8.97. The van der Waals surface area contributed by atoms with Crippen LogP contribution in [0.4, 0.5) is 5.69 Å². The summed E-state index contributed by atoms with van der Waals surface area (Å²) in [4.78, 5) is 15.7. The number of piperidine rings is 1. The molecule has 1 heterocycles. The van der Waals surface area contributed by atoms with E-state index < -0.39 is 10.0 Å². The third kappa shape index (κ3) is 6.92. The van der Waals surface area contributed by atoms with Crippen LogP contribution in [-0.4, -0.2) is 38.9 Å². The number of likely N-dealkylation sites (tertiary alicyclic amines) is 1. The number of anilines is 1. The van der Waals surface area contributed by atoms with E-state index in [4.69, 9.17) is 11.6 Å². The van der Waals surface area contributed by atoms with Crippen molar-refractivity contribution < 1.29 is 13.2 Å². The van der Waals surface area contributed by atoms with Gasteiger partial charge in [-0.25, -0.2) is 8.42 Å². The van der Waals surface area contributed by atoms with Crippen LogP contribution in [0.3, 0.4) is 0 Å². The van der Waals surface area contributed by atoms with Crippen molar-refractivity contribution >= 4 is 33.2 Å². The average Bonchev–Trinajstić information content (AvgIpc) is 2.89. The van der Waals surface area contributed by atoms with Gasteiger partial charge in [-0.15, -0.1) is 0 Å². The first-order valence-corrected chi connectivity index (χ1v) is 14.5. The van der Waals surface area contributed by atoms with E-state index in [9.17, 15) is 13.2 Å². The molecule has 196 valence electrons. The number of nitrogens with zero attached hydrogens (tertiary/aromatic N) is 2. The molecule has 0 radical (unpaired) electrons. The number of amides is 1. The molecule has 3 aromatic rings. The van der Waals surface area contributed by atoms with E-state index in [0.29, 0.717) is 17.3 Å². The monoisotopic (exact) mass is 539 g/mol. The first-order chi connectivity index (χ1) is 17.7. The van der Waals surface area contributed by atoms with Gasteiger partial charge < -0.3 is 5.32 Å². The lowest BCUT2D eigenvalue weighted by atomic mass is 10.0. The van der Waals surface area contributed by atoms with Gasteiger partial charge in [0.15, 0.2) is 0 Å². The Balaban J connectivity index is 1.52. The van der Waals surface area contributed by atoms with Gasteiger partial charge in [0.05, 0.1) is 10.6 Å². The van der Waals surface area contributed by atoms with Crippen molar-refractivity contribution in [2.24, 2.45) is 0 Å². The molecule has 0 spiro atoms. The molecule has 37 heavy (non-hydrogen) atoms. The maximum Gasteiger partial charge on any atom is 0.264 e. The van der Waals surface area contributed by atoms with Crippen LogP contribution >= 0.6 is 11.6 Å². The first-order valence-electron chi connectivity index (χ1n) is 12.7. The molecule has 3 aromatic carbocycles. The zero-order chi connectivity index (χ0) is 26.4. The molecule has 1 saturated heterocycles. The molecule has 6 nitrogen and oxygen atoms in total. The van der Waals surface area contributed by atoms with Crippen molar-refractivity contribution in [1.82, 2.24) is 10.2 Å². The third-order valence-electron chi connectivity index (χ3n) is 6.78. The molecule has 1 N–H and O–H groups in total. The number of hydrogen-bond acceptors (Lipinski definition) is 4. The van der Waals surface area contributed by atoms with Crippen molar-refractivity contribution in [3.8, 4) is 0 Å². The zero-order valence-corrected chi connectivity index (χ0v) is 23.0. The highest BCUT2D eigenvalue weighted by atomic mass is 35.5. The van der Waals surface area contributed by atoms with Crippen LogP contribution in [0.1, 0.15) is 41.5 Å². The fraction of sp³-hybridized carbons (Fsp3) is 0.345. The van der Waals surface area contributed by atoms with Crippen LogP contribution in [0.2, 0.25) is 5.02 Å². The Bertz CT molecular complexity index is 1340. The Morgan fingerprint density at radius 1 is 0.946 bits per heavy atom. The lowest BCUT2D eigenvalue weighted by Crippen LogP contribution is -2.40. The summed E-state index contributed by atoms with van der Waals surface area (Å²) in [5.41, 5.74) is 4.33. The summed E-state index contributed by atoms with van der Waals surface area (Å²) >= 11 is 6.32. The lowest BCUT2D eigenvalue weighted by Gasteiger charge is -2.27. The fourth-order valence-corrected chi connectivity index (χ4v) is 6.10. The summed E-state index contributed by atoms with van der Waals surface area (Å²) < 4.78 is 28.4. The van der Waals surface area contributed by atoms with Gasteiger partial charge in [0, 0.05) is 18.1 Å². The topological polar surface area (TPSA) is 69.7 Å². The fourth-order valence-electron chi connectivity index (χ4n) is 4.51. The smallest absolute Gasteiger partial charge is 0.264 e. The van der Waals surface area contributed by atoms with Crippen molar-refractivity contribution in [3.05, 3.63) is 94.0 Å². The number of sulfonamides is 1. The van der Waals surface area contributed by atoms with Crippen molar-refractivity contribution in [2.75, 3.05) is 23.9 Å².